The van der Waals surface area contributed by atoms with Crippen LogP contribution in [0.2, 0.25) is 0 Å². The molecule has 1 heterocycles. The van der Waals surface area contributed by atoms with Crippen LogP contribution in [0.3, 0.4) is 0 Å². The minimum atomic E-state index is -0.361. The van der Waals surface area contributed by atoms with Crippen LogP contribution in [0.5, 0.6) is 0 Å². The molecule has 3 heteroatoms. The fraction of sp³-hybridized carbons (Fsp3) is 0.875. The lowest BCUT2D eigenvalue weighted by molar-refractivity contribution is -0.143. The maximum Gasteiger partial charge on any atom is 0.229 e. The lowest BCUT2D eigenvalue weighted by Gasteiger charge is -2.36. The summed E-state index contributed by atoms with van der Waals surface area (Å²) in [6, 6.07) is 0. The van der Waals surface area contributed by atoms with Crippen LogP contribution in [-0.4, -0.2) is 30.4 Å². The smallest absolute Gasteiger partial charge is 0.229 e. The number of nitrogens with two attached hydrogens (primary N) is 1. The first-order valence-corrected chi connectivity index (χ1v) is 4.07. The normalized spacial score (nSPS) is 17.9. The maximum atomic E-state index is 11.5. The molecule has 0 radical (unpaired) electrons. The molecule has 0 aromatic carbocycles. The molecule has 3 nitrogen and oxygen atoms in total. The van der Waals surface area contributed by atoms with Crippen molar-refractivity contribution in [2.75, 3.05) is 19.6 Å². The molecule has 11 heavy (non-hydrogen) atoms. The highest BCUT2D eigenvalue weighted by Gasteiger charge is 2.32. The van der Waals surface area contributed by atoms with Crippen molar-refractivity contribution in [3.8, 4) is 0 Å². The number of carbonyl (C=O) groups excluding carboxylic acids is 1. The third-order valence-corrected chi connectivity index (χ3v) is 2.23. The van der Waals surface area contributed by atoms with Crippen LogP contribution >= 0.6 is 0 Å². The van der Waals surface area contributed by atoms with Gasteiger partial charge in [-0.15, -0.1) is 0 Å². The van der Waals surface area contributed by atoms with E-state index in [1.165, 1.54) is 0 Å². The van der Waals surface area contributed by atoms with Crippen LogP contribution in [0.1, 0.15) is 20.3 Å². The quantitative estimate of drug-likeness (QED) is 0.621. The van der Waals surface area contributed by atoms with Crippen LogP contribution in [0, 0.1) is 5.41 Å². The third kappa shape index (κ3) is 1.53. The molecule has 1 rings (SSSR count). The van der Waals surface area contributed by atoms with Gasteiger partial charge in [0.05, 0.1) is 5.41 Å². The van der Waals surface area contributed by atoms with Crippen molar-refractivity contribution in [3.63, 3.8) is 0 Å². The van der Waals surface area contributed by atoms with E-state index in [9.17, 15) is 4.79 Å². The highest BCUT2D eigenvalue weighted by molar-refractivity contribution is 5.82. The Morgan fingerprint density at radius 3 is 2.36 bits per heavy atom. The summed E-state index contributed by atoms with van der Waals surface area (Å²) < 4.78 is 0. The van der Waals surface area contributed by atoms with E-state index in [-0.39, 0.29) is 11.3 Å². The number of carbonyl (C=O) groups is 1. The Balaban J connectivity index is 2.51. The Morgan fingerprint density at radius 1 is 1.55 bits per heavy atom. The second-order valence-corrected chi connectivity index (χ2v) is 3.73. The summed E-state index contributed by atoms with van der Waals surface area (Å²) >= 11 is 0. The Hall–Kier alpha value is -0.570. The molecular formula is C8H16N2O. The Bertz CT molecular complexity index is 161. The monoisotopic (exact) mass is 156 g/mol. The molecule has 1 saturated heterocycles. The predicted octanol–water partition coefficient (Wildman–Crippen LogP) is 0.204. The van der Waals surface area contributed by atoms with Gasteiger partial charge in [-0.25, -0.2) is 0 Å². The highest BCUT2D eigenvalue weighted by atomic mass is 16.2. The summed E-state index contributed by atoms with van der Waals surface area (Å²) in [6.45, 7) is 6.06. The average Bonchev–Trinajstić information content (AvgIpc) is 1.84. The third-order valence-electron chi connectivity index (χ3n) is 2.23. The van der Waals surface area contributed by atoms with E-state index in [0.717, 1.165) is 19.5 Å². The van der Waals surface area contributed by atoms with Gasteiger partial charge in [0.25, 0.3) is 0 Å². The molecule has 0 bridgehead atoms. The van der Waals surface area contributed by atoms with Gasteiger partial charge in [0.2, 0.25) is 5.91 Å². The van der Waals surface area contributed by atoms with Crippen LogP contribution in [0.15, 0.2) is 0 Å². The van der Waals surface area contributed by atoms with E-state index in [2.05, 4.69) is 0 Å². The van der Waals surface area contributed by atoms with Crippen LogP contribution in [0.25, 0.3) is 0 Å². The minimum absolute atomic E-state index is 0.200. The molecule has 1 aliphatic rings. The van der Waals surface area contributed by atoms with E-state index in [0.29, 0.717) is 6.54 Å². The molecule has 1 amide bonds. The molecule has 1 fully saturated rings. The van der Waals surface area contributed by atoms with Gasteiger partial charge in [0.15, 0.2) is 0 Å². The molecule has 0 saturated carbocycles. The number of hydrogen-bond acceptors (Lipinski definition) is 2. The van der Waals surface area contributed by atoms with E-state index < -0.39 is 0 Å². The predicted molar refractivity (Wildman–Crippen MR) is 44.0 cm³/mol. The fourth-order valence-corrected chi connectivity index (χ4v) is 1.03. The van der Waals surface area contributed by atoms with E-state index in [4.69, 9.17) is 5.73 Å². The largest absolute Gasteiger partial charge is 0.342 e. The van der Waals surface area contributed by atoms with Crippen molar-refractivity contribution in [1.82, 2.24) is 4.90 Å². The average molecular weight is 156 g/mol. The molecule has 0 aromatic rings. The van der Waals surface area contributed by atoms with Gasteiger partial charge in [-0.1, -0.05) is 0 Å². The molecule has 0 unspecified atom stereocenters. The molecule has 0 aliphatic carbocycles. The van der Waals surface area contributed by atoms with Gasteiger partial charge >= 0.3 is 0 Å². The van der Waals surface area contributed by atoms with Crippen LogP contribution < -0.4 is 5.73 Å². The van der Waals surface area contributed by atoms with Gasteiger partial charge in [-0.3, -0.25) is 4.79 Å². The number of nitrogens with zero attached hydrogens (tertiary/aromatic N) is 1. The standard InChI is InChI=1S/C8H16N2O/c1-8(2,6-9)7(11)10-4-3-5-10/h3-6,9H2,1-2H3. The summed E-state index contributed by atoms with van der Waals surface area (Å²) in [7, 11) is 0. The van der Waals surface area contributed by atoms with Crippen molar-refractivity contribution in [2.45, 2.75) is 20.3 Å². The molecular weight excluding hydrogens is 140 g/mol. The van der Waals surface area contributed by atoms with Crippen molar-refractivity contribution in [1.29, 1.82) is 0 Å². The Kier molecular flexibility index (Phi) is 2.18. The molecule has 64 valence electrons. The second-order valence-electron chi connectivity index (χ2n) is 3.73. The zero-order chi connectivity index (χ0) is 8.48. The molecule has 0 spiro atoms. The summed E-state index contributed by atoms with van der Waals surface area (Å²) in [5.41, 5.74) is 5.12. The van der Waals surface area contributed by atoms with E-state index >= 15 is 0 Å². The number of amides is 1. The SMILES string of the molecule is CC(C)(CN)C(=O)N1CCC1. The zero-order valence-corrected chi connectivity index (χ0v) is 7.26. The topological polar surface area (TPSA) is 46.3 Å². The van der Waals surface area contributed by atoms with Crippen molar-refractivity contribution < 1.29 is 4.79 Å². The van der Waals surface area contributed by atoms with Crippen molar-refractivity contribution >= 4 is 5.91 Å². The maximum absolute atomic E-state index is 11.5. The molecule has 0 atom stereocenters. The van der Waals surface area contributed by atoms with Crippen LogP contribution in [-0.2, 0) is 4.79 Å². The van der Waals surface area contributed by atoms with Gasteiger partial charge in [0.1, 0.15) is 0 Å². The Morgan fingerprint density at radius 2 is 2.09 bits per heavy atom. The summed E-state index contributed by atoms with van der Waals surface area (Å²) in [5.74, 6) is 0.200. The highest BCUT2D eigenvalue weighted by Crippen LogP contribution is 2.20. The fourth-order valence-electron chi connectivity index (χ4n) is 1.03. The number of rotatable bonds is 2. The van der Waals surface area contributed by atoms with Crippen molar-refractivity contribution in [3.05, 3.63) is 0 Å². The first-order valence-electron chi connectivity index (χ1n) is 4.07. The lowest BCUT2D eigenvalue weighted by atomic mass is 9.90. The first kappa shape index (κ1) is 8.53. The molecule has 0 aromatic heterocycles. The first-order chi connectivity index (χ1) is 5.08. The second kappa shape index (κ2) is 2.81. The van der Waals surface area contributed by atoms with E-state index in [1.54, 1.807) is 0 Å². The number of likely N-dealkylation sites (tertiary alicyclic amines) is 1. The van der Waals surface area contributed by atoms with Gasteiger partial charge in [-0.2, -0.15) is 0 Å². The zero-order valence-electron chi connectivity index (χ0n) is 7.26. The summed E-state index contributed by atoms with van der Waals surface area (Å²) in [4.78, 5) is 13.4. The van der Waals surface area contributed by atoms with Gasteiger partial charge in [-0.05, 0) is 20.3 Å². The molecule has 1 aliphatic heterocycles. The van der Waals surface area contributed by atoms with Gasteiger partial charge < -0.3 is 10.6 Å². The summed E-state index contributed by atoms with van der Waals surface area (Å²) in [6.07, 6.45) is 1.15. The minimum Gasteiger partial charge on any atom is -0.342 e. The summed E-state index contributed by atoms with van der Waals surface area (Å²) in [5, 5.41) is 0. The Labute approximate surface area is 67.5 Å². The van der Waals surface area contributed by atoms with E-state index in [1.807, 2.05) is 18.7 Å². The van der Waals surface area contributed by atoms with Crippen LogP contribution in [0.4, 0.5) is 0 Å². The lowest BCUT2D eigenvalue weighted by Crippen LogP contribution is -2.50. The van der Waals surface area contributed by atoms with Gasteiger partial charge in [0, 0.05) is 19.6 Å². The van der Waals surface area contributed by atoms with Crippen molar-refractivity contribution in [2.24, 2.45) is 11.1 Å². The molecule has 2 N–H and O–H groups in total. The number of hydrogen-bond donors (Lipinski definition) is 1.